The van der Waals surface area contributed by atoms with E-state index in [1.165, 1.54) is 6.07 Å². The van der Waals surface area contributed by atoms with Crippen molar-refractivity contribution in [1.82, 2.24) is 10.2 Å². The number of hydrogen-bond donors (Lipinski definition) is 0. The summed E-state index contributed by atoms with van der Waals surface area (Å²) in [6.45, 7) is 1.86. The topological polar surface area (TPSA) is 104 Å². The van der Waals surface area contributed by atoms with Crippen LogP contribution < -0.4 is 4.74 Å². The van der Waals surface area contributed by atoms with Crippen LogP contribution in [0.4, 0.5) is 5.69 Å². The van der Waals surface area contributed by atoms with Crippen LogP contribution in [-0.4, -0.2) is 22.2 Å². The lowest BCUT2D eigenvalue weighted by molar-refractivity contribution is -0.384. The molecule has 0 bridgehead atoms. The highest BCUT2D eigenvalue weighted by atomic mass is 16.6. The minimum absolute atomic E-state index is 0.0547. The van der Waals surface area contributed by atoms with Gasteiger partial charge in [0.05, 0.1) is 17.4 Å². The van der Waals surface area contributed by atoms with Crippen LogP contribution in [0.25, 0.3) is 34.1 Å². The lowest BCUT2D eigenvalue weighted by Crippen LogP contribution is -1.91. The molecule has 0 amide bonds. The summed E-state index contributed by atoms with van der Waals surface area (Å²) < 4.78 is 16.9. The van der Waals surface area contributed by atoms with Crippen molar-refractivity contribution in [2.45, 2.75) is 6.92 Å². The molecule has 0 spiro atoms. The van der Waals surface area contributed by atoms with Crippen LogP contribution in [0.5, 0.6) is 5.75 Å². The molecule has 130 valence electrons. The van der Waals surface area contributed by atoms with E-state index < -0.39 is 4.92 Å². The molecule has 2 aromatic heterocycles. The van der Waals surface area contributed by atoms with Crippen molar-refractivity contribution in [3.8, 4) is 28.9 Å². The Kier molecular flexibility index (Phi) is 3.65. The second kappa shape index (κ2) is 5.99. The molecule has 0 atom stereocenters. The lowest BCUT2D eigenvalue weighted by atomic mass is 10.1. The predicted molar refractivity (Wildman–Crippen MR) is 92.9 cm³/mol. The molecule has 4 aromatic rings. The number of para-hydroxylation sites is 1. The molecule has 2 heterocycles. The molecular formula is C18H13N3O5. The van der Waals surface area contributed by atoms with Gasteiger partial charge < -0.3 is 13.6 Å². The molecule has 0 aliphatic rings. The number of aromatic nitrogens is 2. The summed E-state index contributed by atoms with van der Waals surface area (Å²) in [6.07, 6.45) is 0. The van der Waals surface area contributed by atoms with Crippen molar-refractivity contribution in [2.24, 2.45) is 0 Å². The minimum Gasteiger partial charge on any atom is -0.496 e. The first-order valence-electron chi connectivity index (χ1n) is 7.74. The van der Waals surface area contributed by atoms with Crippen molar-refractivity contribution in [3.05, 3.63) is 58.1 Å². The van der Waals surface area contributed by atoms with Crippen molar-refractivity contribution < 1.29 is 18.5 Å². The van der Waals surface area contributed by atoms with Gasteiger partial charge in [-0.1, -0.05) is 18.2 Å². The zero-order valence-electron chi connectivity index (χ0n) is 13.9. The third-order valence-electron chi connectivity index (χ3n) is 4.09. The number of benzene rings is 2. The van der Waals surface area contributed by atoms with Crippen LogP contribution in [0.1, 0.15) is 5.56 Å². The second-order valence-electron chi connectivity index (χ2n) is 5.58. The molecule has 0 saturated carbocycles. The van der Waals surface area contributed by atoms with Gasteiger partial charge in [-0.2, -0.15) is 0 Å². The van der Waals surface area contributed by atoms with Crippen LogP contribution >= 0.6 is 0 Å². The quantitative estimate of drug-likeness (QED) is 0.397. The fraction of sp³-hybridized carbons (Fsp3) is 0.111. The molecule has 0 aliphatic heterocycles. The third-order valence-corrected chi connectivity index (χ3v) is 4.09. The Morgan fingerprint density at radius 3 is 2.58 bits per heavy atom. The maximum Gasteiger partial charge on any atom is 0.284 e. The lowest BCUT2D eigenvalue weighted by Gasteiger charge is -2.00. The smallest absolute Gasteiger partial charge is 0.284 e. The van der Waals surface area contributed by atoms with Crippen LogP contribution in [0.3, 0.4) is 0 Å². The summed E-state index contributed by atoms with van der Waals surface area (Å²) in [5.74, 6) is 1.28. The van der Waals surface area contributed by atoms with E-state index in [4.69, 9.17) is 13.6 Å². The average Bonchev–Trinajstić information content (AvgIpc) is 3.26. The molecule has 2 aromatic carbocycles. The van der Waals surface area contributed by atoms with Crippen LogP contribution in [0, 0.1) is 17.0 Å². The first-order valence-corrected chi connectivity index (χ1v) is 7.74. The molecule has 8 heteroatoms. The van der Waals surface area contributed by atoms with Crippen LogP contribution in [0.2, 0.25) is 0 Å². The van der Waals surface area contributed by atoms with Gasteiger partial charge in [-0.25, -0.2) is 0 Å². The Bertz CT molecular complexity index is 1130. The summed E-state index contributed by atoms with van der Waals surface area (Å²) >= 11 is 0. The van der Waals surface area contributed by atoms with Gasteiger partial charge in [0.15, 0.2) is 5.76 Å². The van der Waals surface area contributed by atoms with Crippen molar-refractivity contribution >= 4 is 16.7 Å². The van der Waals surface area contributed by atoms with Gasteiger partial charge in [0.2, 0.25) is 0 Å². The monoisotopic (exact) mass is 351 g/mol. The third kappa shape index (κ3) is 2.39. The number of nitrogens with zero attached hydrogens (tertiary/aromatic N) is 3. The van der Waals surface area contributed by atoms with Crippen molar-refractivity contribution in [3.63, 3.8) is 0 Å². The maximum atomic E-state index is 11.2. The van der Waals surface area contributed by atoms with Gasteiger partial charge in [-0.05, 0) is 25.1 Å². The molecular weight excluding hydrogens is 338 g/mol. The van der Waals surface area contributed by atoms with Crippen LogP contribution in [-0.2, 0) is 0 Å². The second-order valence-corrected chi connectivity index (χ2v) is 5.58. The number of aryl methyl sites for hydroxylation is 1. The van der Waals surface area contributed by atoms with Gasteiger partial charge in [0, 0.05) is 11.6 Å². The summed E-state index contributed by atoms with van der Waals surface area (Å²) in [4.78, 5) is 10.7. The van der Waals surface area contributed by atoms with Gasteiger partial charge >= 0.3 is 0 Å². The first-order chi connectivity index (χ1) is 12.6. The van der Waals surface area contributed by atoms with E-state index in [1.54, 1.807) is 25.3 Å². The van der Waals surface area contributed by atoms with E-state index in [-0.39, 0.29) is 23.0 Å². The fourth-order valence-electron chi connectivity index (χ4n) is 2.88. The number of fused-ring (bicyclic) bond motifs is 1. The van der Waals surface area contributed by atoms with Gasteiger partial charge in [0.1, 0.15) is 16.9 Å². The van der Waals surface area contributed by atoms with Gasteiger partial charge in [-0.3, -0.25) is 10.1 Å². The van der Waals surface area contributed by atoms with Crippen molar-refractivity contribution in [2.75, 3.05) is 7.11 Å². The van der Waals surface area contributed by atoms with Gasteiger partial charge in [0.25, 0.3) is 17.5 Å². The van der Waals surface area contributed by atoms with E-state index in [0.717, 1.165) is 10.9 Å². The van der Waals surface area contributed by atoms with E-state index in [0.29, 0.717) is 17.1 Å². The number of ether oxygens (including phenoxy) is 1. The predicted octanol–water partition coefficient (Wildman–Crippen LogP) is 4.38. The van der Waals surface area contributed by atoms with Crippen molar-refractivity contribution in [1.29, 1.82) is 0 Å². The maximum absolute atomic E-state index is 11.2. The first kappa shape index (κ1) is 15.8. The highest BCUT2D eigenvalue weighted by molar-refractivity contribution is 5.91. The zero-order chi connectivity index (χ0) is 18.3. The SMILES string of the molecule is COc1cccc2oc(-c3nnc(-c4ccccc4[N+](=O)[O-])o3)c(C)c12. The summed E-state index contributed by atoms with van der Waals surface area (Å²) in [6, 6.07) is 11.7. The molecule has 0 radical (unpaired) electrons. The number of nitro groups is 1. The number of hydrogen-bond acceptors (Lipinski definition) is 7. The number of rotatable bonds is 4. The number of furan rings is 1. The Morgan fingerprint density at radius 2 is 1.81 bits per heavy atom. The molecule has 4 rings (SSSR count). The standard InChI is InChI=1S/C18H13N3O5/c1-10-15-13(24-2)8-5-9-14(15)25-16(10)18-20-19-17(26-18)11-6-3-4-7-12(11)21(22)23/h3-9H,1-2H3. The Balaban J connectivity index is 1.84. The highest BCUT2D eigenvalue weighted by Gasteiger charge is 2.24. The van der Waals surface area contributed by atoms with E-state index >= 15 is 0 Å². The number of nitro benzene ring substituents is 1. The molecule has 0 saturated heterocycles. The largest absolute Gasteiger partial charge is 0.496 e. The van der Waals surface area contributed by atoms with E-state index in [2.05, 4.69) is 10.2 Å². The van der Waals surface area contributed by atoms with E-state index in [9.17, 15) is 10.1 Å². The molecule has 0 unspecified atom stereocenters. The average molecular weight is 351 g/mol. The highest BCUT2D eigenvalue weighted by Crippen LogP contribution is 2.38. The van der Waals surface area contributed by atoms with Gasteiger partial charge in [-0.15, -0.1) is 10.2 Å². The Morgan fingerprint density at radius 1 is 1.04 bits per heavy atom. The molecule has 8 nitrogen and oxygen atoms in total. The zero-order valence-corrected chi connectivity index (χ0v) is 13.9. The van der Waals surface area contributed by atoms with Crippen LogP contribution in [0.15, 0.2) is 51.3 Å². The Hall–Kier alpha value is -3.68. The minimum atomic E-state index is -0.490. The molecule has 0 fully saturated rings. The molecule has 0 aliphatic carbocycles. The normalized spacial score (nSPS) is 11.0. The summed E-state index contributed by atoms with van der Waals surface area (Å²) in [7, 11) is 1.58. The van der Waals surface area contributed by atoms with E-state index in [1.807, 2.05) is 25.1 Å². The molecule has 0 N–H and O–H groups in total. The molecule has 26 heavy (non-hydrogen) atoms. The summed E-state index contributed by atoms with van der Waals surface area (Å²) in [5, 5.41) is 20.0. The Labute approximate surface area is 147 Å². The summed E-state index contributed by atoms with van der Waals surface area (Å²) in [5.41, 5.74) is 1.56. The number of methoxy groups -OCH3 is 1. The fourth-order valence-corrected chi connectivity index (χ4v) is 2.88.